The van der Waals surface area contributed by atoms with Crippen LogP contribution in [0.4, 0.5) is 0 Å². The molecule has 22 heavy (non-hydrogen) atoms. The summed E-state index contributed by atoms with van der Waals surface area (Å²) in [7, 11) is 1.64. The van der Waals surface area contributed by atoms with Gasteiger partial charge in [-0.2, -0.15) is 0 Å². The Labute approximate surface area is 131 Å². The zero-order valence-corrected chi connectivity index (χ0v) is 13.4. The second-order valence-electron chi connectivity index (χ2n) is 6.10. The normalized spacial score (nSPS) is 25.8. The molecule has 7 heteroatoms. The van der Waals surface area contributed by atoms with Gasteiger partial charge >= 0.3 is 0 Å². The van der Waals surface area contributed by atoms with Gasteiger partial charge < -0.3 is 19.9 Å². The van der Waals surface area contributed by atoms with Crippen LogP contribution in [-0.4, -0.2) is 73.0 Å². The average Bonchev–Trinajstić information content (AvgIpc) is 2.52. The van der Waals surface area contributed by atoms with Gasteiger partial charge in [0.25, 0.3) is 0 Å². The molecule has 2 saturated heterocycles. The number of piperidine rings is 1. The summed E-state index contributed by atoms with van der Waals surface area (Å²) in [4.78, 5) is 38.6. The lowest BCUT2D eigenvalue weighted by molar-refractivity contribution is -0.143. The third-order valence-electron chi connectivity index (χ3n) is 4.60. The van der Waals surface area contributed by atoms with E-state index in [0.717, 1.165) is 19.4 Å². The molecule has 3 amide bonds. The second kappa shape index (κ2) is 7.09. The summed E-state index contributed by atoms with van der Waals surface area (Å²) in [5, 5.41) is 2.71. The summed E-state index contributed by atoms with van der Waals surface area (Å²) in [5.74, 6) is -0.0900. The summed E-state index contributed by atoms with van der Waals surface area (Å²) in [6, 6.07) is 0. The number of ether oxygens (including phenoxy) is 1. The molecule has 0 bridgehead atoms. The molecule has 124 valence electrons. The SMILES string of the molecule is COC1(CCC(=O)N2CCNC(=O)C2)CCCN(C(C)=O)C1. The highest BCUT2D eigenvalue weighted by molar-refractivity contribution is 5.85. The molecule has 2 aliphatic heterocycles. The third kappa shape index (κ3) is 3.97. The van der Waals surface area contributed by atoms with Gasteiger partial charge in [0.15, 0.2) is 0 Å². The van der Waals surface area contributed by atoms with E-state index in [2.05, 4.69) is 5.32 Å². The molecule has 2 heterocycles. The molecular formula is C15H25N3O4. The molecule has 0 spiro atoms. The van der Waals surface area contributed by atoms with Gasteiger partial charge in [-0.15, -0.1) is 0 Å². The van der Waals surface area contributed by atoms with Gasteiger partial charge in [-0.3, -0.25) is 14.4 Å². The number of carbonyl (C=O) groups is 3. The Bertz CT molecular complexity index is 454. The lowest BCUT2D eigenvalue weighted by atomic mass is 9.87. The van der Waals surface area contributed by atoms with Crippen molar-refractivity contribution in [1.29, 1.82) is 0 Å². The number of likely N-dealkylation sites (tertiary alicyclic amines) is 1. The highest BCUT2D eigenvalue weighted by Gasteiger charge is 2.37. The Kier molecular flexibility index (Phi) is 5.39. The predicted molar refractivity (Wildman–Crippen MR) is 80.1 cm³/mol. The highest BCUT2D eigenvalue weighted by Crippen LogP contribution is 2.29. The maximum absolute atomic E-state index is 12.3. The van der Waals surface area contributed by atoms with Crippen LogP contribution in [-0.2, 0) is 19.1 Å². The van der Waals surface area contributed by atoms with Crippen LogP contribution in [0.5, 0.6) is 0 Å². The van der Waals surface area contributed by atoms with Gasteiger partial charge in [0.2, 0.25) is 17.7 Å². The van der Waals surface area contributed by atoms with Crippen molar-refractivity contribution in [2.24, 2.45) is 0 Å². The molecule has 2 aliphatic rings. The molecule has 0 aromatic heterocycles. The largest absolute Gasteiger partial charge is 0.376 e. The lowest BCUT2D eigenvalue weighted by Crippen LogP contribution is -2.52. The Morgan fingerprint density at radius 1 is 1.32 bits per heavy atom. The minimum absolute atomic E-state index is 0.0220. The molecule has 7 nitrogen and oxygen atoms in total. The summed E-state index contributed by atoms with van der Waals surface area (Å²) in [6.45, 7) is 4.05. The first-order valence-electron chi connectivity index (χ1n) is 7.81. The number of amides is 3. The van der Waals surface area contributed by atoms with Crippen LogP contribution >= 0.6 is 0 Å². The summed E-state index contributed by atoms with van der Waals surface area (Å²) < 4.78 is 5.67. The van der Waals surface area contributed by atoms with Crippen molar-refractivity contribution in [3.63, 3.8) is 0 Å². The number of piperazine rings is 1. The molecule has 0 radical (unpaired) electrons. The van der Waals surface area contributed by atoms with Gasteiger partial charge in [0.1, 0.15) is 0 Å². The zero-order chi connectivity index (χ0) is 16.2. The number of nitrogens with one attached hydrogen (secondary N) is 1. The number of hydrogen-bond donors (Lipinski definition) is 1. The van der Waals surface area contributed by atoms with Crippen molar-refractivity contribution in [2.45, 2.75) is 38.2 Å². The number of methoxy groups -OCH3 is 1. The zero-order valence-electron chi connectivity index (χ0n) is 13.4. The maximum atomic E-state index is 12.3. The van der Waals surface area contributed by atoms with Crippen LogP contribution in [0.15, 0.2) is 0 Å². The Hall–Kier alpha value is -1.63. The molecule has 1 unspecified atom stereocenters. The first-order chi connectivity index (χ1) is 10.5. The van der Waals surface area contributed by atoms with E-state index >= 15 is 0 Å². The molecule has 2 rings (SSSR count). The van der Waals surface area contributed by atoms with E-state index in [1.54, 1.807) is 23.8 Å². The molecule has 0 saturated carbocycles. The van der Waals surface area contributed by atoms with Crippen molar-refractivity contribution in [2.75, 3.05) is 39.8 Å². The first kappa shape index (κ1) is 16.7. The Balaban J connectivity index is 1.91. The molecule has 0 aliphatic carbocycles. The molecular weight excluding hydrogens is 286 g/mol. The van der Waals surface area contributed by atoms with Crippen LogP contribution in [0.3, 0.4) is 0 Å². The van der Waals surface area contributed by atoms with Gasteiger partial charge in [0.05, 0.1) is 12.1 Å². The summed E-state index contributed by atoms with van der Waals surface area (Å²) in [6.07, 6.45) is 2.64. The molecule has 0 aromatic carbocycles. The van der Waals surface area contributed by atoms with E-state index in [1.807, 2.05) is 0 Å². The number of nitrogens with zero attached hydrogens (tertiary/aromatic N) is 2. The van der Waals surface area contributed by atoms with E-state index in [9.17, 15) is 14.4 Å². The first-order valence-corrected chi connectivity index (χ1v) is 7.81. The average molecular weight is 311 g/mol. The van der Waals surface area contributed by atoms with Crippen LogP contribution in [0.25, 0.3) is 0 Å². The topological polar surface area (TPSA) is 79.0 Å². The number of hydrogen-bond acceptors (Lipinski definition) is 4. The standard InChI is InChI=1S/C15H25N3O4/c1-12(19)18-8-3-5-15(11-18,22-2)6-4-14(21)17-9-7-16-13(20)10-17/h3-11H2,1-2H3,(H,16,20). The van der Waals surface area contributed by atoms with Crippen molar-refractivity contribution >= 4 is 17.7 Å². The fourth-order valence-corrected chi connectivity index (χ4v) is 3.18. The van der Waals surface area contributed by atoms with Crippen LogP contribution in [0.2, 0.25) is 0 Å². The van der Waals surface area contributed by atoms with Crippen molar-refractivity contribution in [1.82, 2.24) is 15.1 Å². The van der Waals surface area contributed by atoms with Gasteiger partial charge in [-0.05, 0) is 19.3 Å². The molecule has 1 N–H and O–H groups in total. The van der Waals surface area contributed by atoms with E-state index in [1.165, 1.54) is 0 Å². The smallest absolute Gasteiger partial charge is 0.239 e. The molecule has 2 fully saturated rings. The Morgan fingerprint density at radius 3 is 2.73 bits per heavy atom. The van der Waals surface area contributed by atoms with Gasteiger partial charge in [-0.1, -0.05) is 0 Å². The minimum Gasteiger partial charge on any atom is -0.376 e. The molecule has 1 atom stereocenters. The minimum atomic E-state index is -0.447. The summed E-state index contributed by atoms with van der Waals surface area (Å²) >= 11 is 0. The third-order valence-corrected chi connectivity index (χ3v) is 4.60. The van der Waals surface area contributed by atoms with Gasteiger partial charge in [0, 0.05) is 46.6 Å². The number of rotatable bonds is 4. The van der Waals surface area contributed by atoms with E-state index in [4.69, 9.17) is 4.74 Å². The van der Waals surface area contributed by atoms with Gasteiger partial charge in [-0.25, -0.2) is 0 Å². The van der Waals surface area contributed by atoms with Crippen molar-refractivity contribution in [3.8, 4) is 0 Å². The highest BCUT2D eigenvalue weighted by atomic mass is 16.5. The van der Waals surface area contributed by atoms with E-state index < -0.39 is 5.60 Å². The monoisotopic (exact) mass is 311 g/mol. The predicted octanol–water partition coefficient (Wildman–Crippen LogP) is -0.247. The van der Waals surface area contributed by atoms with Crippen LogP contribution in [0, 0.1) is 0 Å². The fourth-order valence-electron chi connectivity index (χ4n) is 3.18. The van der Waals surface area contributed by atoms with Crippen LogP contribution < -0.4 is 5.32 Å². The lowest BCUT2D eigenvalue weighted by Gasteiger charge is -2.42. The van der Waals surface area contributed by atoms with Crippen molar-refractivity contribution < 1.29 is 19.1 Å². The van der Waals surface area contributed by atoms with E-state index in [0.29, 0.717) is 32.5 Å². The fraction of sp³-hybridized carbons (Fsp3) is 0.800. The Morgan fingerprint density at radius 2 is 2.09 bits per heavy atom. The maximum Gasteiger partial charge on any atom is 0.239 e. The van der Waals surface area contributed by atoms with E-state index in [-0.39, 0.29) is 24.3 Å². The second-order valence-corrected chi connectivity index (χ2v) is 6.10. The van der Waals surface area contributed by atoms with Crippen LogP contribution in [0.1, 0.15) is 32.6 Å². The summed E-state index contributed by atoms with van der Waals surface area (Å²) in [5.41, 5.74) is -0.447. The van der Waals surface area contributed by atoms with Crippen molar-refractivity contribution in [3.05, 3.63) is 0 Å². The number of carbonyl (C=O) groups excluding carboxylic acids is 3. The molecule has 0 aromatic rings. The quantitative estimate of drug-likeness (QED) is 0.777.